The summed E-state index contributed by atoms with van der Waals surface area (Å²) in [5, 5.41) is 10.8. The van der Waals surface area contributed by atoms with Crippen molar-refractivity contribution in [3.63, 3.8) is 0 Å². The zero-order valence-electron chi connectivity index (χ0n) is 30.5. The second-order valence-electron chi connectivity index (χ2n) is 13.7. The molecule has 0 aliphatic carbocycles. The molecule has 0 atom stereocenters. The van der Waals surface area contributed by atoms with Crippen molar-refractivity contribution >= 4 is 48.5 Å². The van der Waals surface area contributed by atoms with Gasteiger partial charge in [-0.2, -0.15) is 12.1 Å². The first-order valence-electron chi connectivity index (χ1n) is 17.6. The van der Waals surface area contributed by atoms with E-state index in [1.807, 2.05) is 0 Å². The maximum atomic E-state index is 2.36. The van der Waals surface area contributed by atoms with Crippen LogP contribution in [-0.4, -0.2) is 5.43 Å². The molecule has 8 aromatic carbocycles. The van der Waals surface area contributed by atoms with Gasteiger partial charge in [-0.25, -0.2) is 0 Å². The zero-order chi connectivity index (χ0) is 34.5. The molecule has 8 rings (SSSR count). The third-order valence-electron chi connectivity index (χ3n) is 9.24. The SMILES string of the molecule is CC(C)c1cc2c(-c3cccc4ccccc34)cccc2[cH-]1.CCCc1ccc(-c2cccc3ccccc23)c2cc(C)[cH-]c12.C[Si](C)=[Zr+2].[Cl-].[Cl-]. The van der Waals surface area contributed by atoms with Gasteiger partial charge < -0.3 is 24.8 Å². The Hall–Kier alpha value is -3.26. The number of rotatable bonds is 5. The van der Waals surface area contributed by atoms with Crippen molar-refractivity contribution in [3.05, 3.63) is 156 Å². The summed E-state index contributed by atoms with van der Waals surface area (Å²) < 4.78 is 0. The molecule has 0 fully saturated rings. The third-order valence-corrected chi connectivity index (χ3v) is 9.24. The third kappa shape index (κ3) is 9.22. The van der Waals surface area contributed by atoms with Gasteiger partial charge in [0.1, 0.15) is 0 Å². The normalized spacial score (nSPS) is 10.7. The molecule has 0 amide bonds. The molecule has 0 radical (unpaired) electrons. The van der Waals surface area contributed by atoms with E-state index < -0.39 is 0 Å². The Kier molecular flexibility index (Phi) is 14.7. The number of aryl methyl sites for hydroxylation is 2. The second-order valence-corrected chi connectivity index (χ2v) is 23.1. The summed E-state index contributed by atoms with van der Waals surface area (Å²) >= 11 is 1.74. The van der Waals surface area contributed by atoms with Gasteiger partial charge in [0, 0.05) is 0 Å². The first-order chi connectivity index (χ1) is 23.7. The average molecular weight is 801 g/mol. The van der Waals surface area contributed by atoms with Crippen molar-refractivity contribution in [3.8, 4) is 22.3 Å². The molecule has 0 heterocycles. The quantitative estimate of drug-likeness (QED) is 0.123. The molecule has 0 spiro atoms. The van der Waals surface area contributed by atoms with Crippen molar-refractivity contribution < 1.29 is 48.1 Å². The molecular formula is C47H46Cl2SiZr-2. The average Bonchev–Trinajstić information content (AvgIpc) is 3.72. The van der Waals surface area contributed by atoms with Gasteiger partial charge in [-0.05, 0) is 38.6 Å². The number of hydrogen-bond donors (Lipinski definition) is 0. The van der Waals surface area contributed by atoms with Gasteiger partial charge in [0.25, 0.3) is 0 Å². The van der Waals surface area contributed by atoms with Crippen LogP contribution in [0.25, 0.3) is 65.3 Å². The van der Waals surface area contributed by atoms with E-state index in [1.165, 1.54) is 88.5 Å². The van der Waals surface area contributed by atoms with Gasteiger partial charge in [0.2, 0.25) is 0 Å². The fraction of sp³-hybridized carbons (Fsp3) is 0.191. The van der Waals surface area contributed by atoms with Crippen LogP contribution in [0.5, 0.6) is 0 Å². The summed E-state index contributed by atoms with van der Waals surface area (Å²) in [7, 11) is 0. The largest absolute Gasteiger partial charge is 1.00 e. The molecule has 0 aliphatic rings. The van der Waals surface area contributed by atoms with E-state index in [0.29, 0.717) is 5.92 Å². The topological polar surface area (TPSA) is 0 Å². The minimum atomic E-state index is 0. The van der Waals surface area contributed by atoms with E-state index in [9.17, 15) is 0 Å². The molecule has 0 saturated carbocycles. The first-order valence-corrected chi connectivity index (χ1v) is 23.8. The summed E-state index contributed by atoms with van der Waals surface area (Å²) in [6.07, 6.45) is 2.34. The molecule has 0 saturated heterocycles. The Balaban J connectivity index is 0.000000200. The van der Waals surface area contributed by atoms with E-state index in [4.69, 9.17) is 0 Å². The minimum Gasteiger partial charge on any atom is -1.00 e. The van der Waals surface area contributed by atoms with Crippen LogP contribution in [-0.2, 0) is 29.8 Å². The van der Waals surface area contributed by atoms with E-state index in [1.54, 1.807) is 23.3 Å². The van der Waals surface area contributed by atoms with Gasteiger partial charge >= 0.3 is 41.9 Å². The van der Waals surface area contributed by atoms with E-state index >= 15 is 0 Å². The molecule has 0 unspecified atom stereocenters. The van der Waals surface area contributed by atoms with Gasteiger partial charge in [0.05, 0.1) is 0 Å². The molecule has 0 aliphatic heterocycles. The van der Waals surface area contributed by atoms with Crippen molar-refractivity contribution in [2.45, 2.75) is 59.5 Å². The van der Waals surface area contributed by atoms with Gasteiger partial charge in [-0.15, -0.1) is 68.6 Å². The molecule has 258 valence electrons. The van der Waals surface area contributed by atoms with E-state index in [2.05, 4.69) is 180 Å². The maximum absolute atomic E-state index is 2.36. The zero-order valence-corrected chi connectivity index (χ0v) is 35.5. The Morgan fingerprint density at radius 2 is 1.08 bits per heavy atom. The molecule has 0 N–H and O–H groups in total. The summed E-state index contributed by atoms with van der Waals surface area (Å²) in [6.45, 7) is 13.6. The summed E-state index contributed by atoms with van der Waals surface area (Å²) in [5.41, 5.74) is 9.80. The predicted molar refractivity (Wildman–Crippen MR) is 215 cm³/mol. The predicted octanol–water partition coefficient (Wildman–Crippen LogP) is 7.93. The van der Waals surface area contributed by atoms with E-state index in [0.717, 1.165) is 6.42 Å². The Morgan fingerprint density at radius 1 is 0.588 bits per heavy atom. The smallest absolute Gasteiger partial charge is 1.00 e. The van der Waals surface area contributed by atoms with Crippen LogP contribution in [0.3, 0.4) is 0 Å². The number of fused-ring (bicyclic) bond motifs is 4. The van der Waals surface area contributed by atoms with Crippen molar-refractivity contribution in [1.29, 1.82) is 0 Å². The number of benzene rings is 6. The minimum absolute atomic E-state index is 0. The number of hydrogen-bond acceptors (Lipinski definition) is 0. The molecule has 8 aromatic rings. The number of halogens is 2. The van der Waals surface area contributed by atoms with E-state index in [-0.39, 0.29) is 30.2 Å². The fourth-order valence-corrected chi connectivity index (χ4v) is 6.97. The van der Waals surface area contributed by atoms with Gasteiger partial charge in [-0.3, -0.25) is 0 Å². The molecule has 0 bridgehead atoms. The molecule has 51 heavy (non-hydrogen) atoms. The maximum Gasteiger partial charge on any atom is -1.00 e. The van der Waals surface area contributed by atoms with Crippen LogP contribution >= 0.6 is 0 Å². The summed E-state index contributed by atoms with van der Waals surface area (Å²) in [6, 6.07) is 51.1. The molecular weight excluding hydrogens is 755 g/mol. The second kappa shape index (κ2) is 18.5. The van der Waals surface area contributed by atoms with Crippen molar-refractivity contribution in [1.82, 2.24) is 0 Å². The molecule has 0 aromatic heterocycles. The Morgan fingerprint density at radius 3 is 1.63 bits per heavy atom. The Labute approximate surface area is 332 Å². The summed E-state index contributed by atoms with van der Waals surface area (Å²) in [4.78, 5) is 0. The fourth-order valence-electron chi connectivity index (χ4n) is 6.97. The summed E-state index contributed by atoms with van der Waals surface area (Å²) in [5.74, 6) is 0.563. The monoisotopic (exact) mass is 798 g/mol. The van der Waals surface area contributed by atoms with Gasteiger partial charge in [0.15, 0.2) is 0 Å². The van der Waals surface area contributed by atoms with Crippen LogP contribution in [0, 0.1) is 6.92 Å². The molecule has 0 nitrogen and oxygen atoms in total. The molecule has 4 heteroatoms. The van der Waals surface area contributed by atoms with Crippen molar-refractivity contribution in [2.24, 2.45) is 0 Å². The Bertz CT molecular complexity index is 2380. The van der Waals surface area contributed by atoms with Gasteiger partial charge in [-0.1, -0.05) is 149 Å². The van der Waals surface area contributed by atoms with Crippen LogP contribution in [0.2, 0.25) is 13.1 Å². The van der Waals surface area contributed by atoms with Crippen LogP contribution in [0.1, 0.15) is 49.8 Å². The van der Waals surface area contributed by atoms with Crippen LogP contribution in [0.15, 0.2) is 140 Å². The standard InChI is InChI=1S/C23H21.C22H19.C2H6Si.2ClH.Zr/c1-3-7-17-12-13-21(23-15-16(2)14-22(17)23)20-11-6-9-18-8-4-5-10-19(18)20;1-15(2)18-13-17-9-6-12-21(22(17)14-18)20-11-5-8-16-7-3-4-10-19(16)20;1-3-2;;;/h4-6,8-15H,3,7H2,1-2H3;3-15H,1-2H3;1-2H3;2*1H;/q2*-1;;;;+2/p-2. The first kappa shape index (κ1) is 40.5. The van der Waals surface area contributed by atoms with Crippen LogP contribution in [0.4, 0.5) is 0 Å². The van der Waals surface area contributed by atoms with Crippen LogP contribution < -0.4 is 24.8 Å². The van der Waals surface area contributed by atoms with Crippen molar-refractivity contribution in [2.75, 3.05) is 0 Å².